The highest BCUT2D eigenvalue weighted by Gasteiger charge is 2.14. The van der Waals surface area contributed by atoms with Gasteiger partial charge in [-0.3, -0.25) is 9.20 Å². The Morgan fingerprint density at radius 3 is 2.77 bits per heavy atom. The molecule has 0 radical (unpaired) electrons. The molecule has 3 heterocycles. The van der Waals surface area contributed by atoms with Gasteiger partial charge in [-0.15, -0.1) is 11.3 Å². The van der Waals surface area contributed by atoms with Crippen LogP contribution in [0.3, 0.4) is 0 Å². The second-order valence-electron chi connectivity index (χ2n) is 6.97. The summed E-state index contributed by atoms with van der Waals surface area (Å²) >= 11 is 9.25. The number of benzene rings is 2. The molecule has 0 amide bonds. The molecule has 0 N–H and O–H groups in total. The van der Waals surface area contributed by atoms with E-state index in [1.54, 1.807) is 22.2 Å². The molecule has 150 valence electrons. The molecule has 0 bridgehead atoms. The number of thiazole rings is 1. The standard InChI is InChI=1S/C22H17ClN4OS2/c1-14-12-29-22-24-17(10-20(28)27(14)22)13-30-21-25-18-9-16(23)7-8-19(18)26(21)11-15-5-3-2-4-6-15/h2-10,12H,11,13H2,1H3. The van der Waals surface area contributed by atoms with Gasteiger partial charge in [-0.1, -0.05) is 53.7 Å². The normalized spacial score (nSPS) is 11.5. The van der Waals surface area contributed by atoms with Gasteiger partial charge in [0.05, 0.1) is 23.3 Å². The van der Waals surface area contributed by atoms with Crippen LogP contribution in [-0.2, 0) is 12.3 Å². The molecule has 0 fully saturated rings. The van der Waals surface area contributed by atoms with Gasteiger partial charge in [-0.05, 0) is 30.7 Å². The zero-order valence-corrected chi connectivity index (χ0v) is 18.5. The second-order valence-corrected chi connectivity index (χ2v) is 9.18. The molecule has 5 aromatic rings. The van der Waals surface area contributed by atoms with Crippen molar-refractivity contribution >= 4 is 50.7 Å². The maximum absolute atomic E-state index is 12.5. The summed E-state index contributed by atoms with van der Waals surface area (Å²) in [5, 5.41) is 3.49. The maximum atomic E-state index is 12.5. The summed E-state index contributed by atoms with van der Waals surface area (Å²) in [6, 6.07) is 17.7. The van der Waals surface area contributed by atoms with E-state index in [0.717, 1.165) is 32.5 Å². The van der Waals surface area contributed by atoms with Crippen molar-refractivity contribution in [3.8, 4) is 0 Å². The van der Waals surface area contributed by atoms with Crippen molar-refractivity contribution in [1.29, 1.82) is 0 Å². The summed E-state index contributed by atoms with van der Waals surface area (Å²) in [6.07, 6.45) is 0. The van der Waals surface area contributed by atoms with Gasteiger partial charge in [0.25, 0.3) is 5.56 Å². The Kier molecular flexibility index (Phi) is 5.10. The van der Waals surface area contributed by atoms with E-state index < -0.39 is 0 Å². The van der Waals surface area contributed by atoms with Crippen molar-refractivity contribution in [2.45, 2.75) is 24.4 Å². The van der Waals surface area contributed by atoms with E-state index >= 15 is 0 Å². The molecular formula is C22H17ClN4OS2. The molecule has 5 rings (SSSR count). The third-order valence-corrected chi connectivity index (χ3v) is 7.03. The number of fused-ring (bicyclic) bond motifs is 2. The van der Waals surface area contributed by atoms with Gasteiger partial charge in [-0.25, -0.2) is 9.97 Å². The quantitative estimate of drug-likeness (QED) is 0.335. The van der Waals surface area contributed by atoms with Crippen molar-refractivity contribution in [3.05, 3.63) is 92.3 Å². The summed E-state index contributed by atoms with van der Waals surface area (Å²) in [5.74, 6) is 0.564. The fourth-order valence-corrected chi connectivity index (χ4v) is 5.39. The minimum absolute atomic E-state index is 0.0427. The molecule has 0 atom stereocenters. The number of imidazole rings is 1. The van der Waals surface area contributed by atoms with Crippen molar-refractivity contribution in [1.82, 2.24) is 18.9 Å². The lowest BCUT2D eigenvalue weighted by molar-refractivity contribution is 0.731. The lowest BCUT2D eigenvalue weighted by Gasteiger charge is -2.09. The van der Waals surface area contributed by atoms with Crippen LogP contribution in [0.25, 0.3) is 16.0 Å². The van der Waals surface area contributed by atoms with Crippen molar-refractivity contribution in [3.63, 3.8) is 0 Å². The third-order valence-electron chi connectivity index (χ3n) is 4.84. The fraction of sp³-hybridized carbons (Fsp3) is 0.136. The Morgan fingerprint density at radius 2 is 1.93 bits per heavy atom. The smallest absolute Gasteiger partial charge is 0.258 e. The molecule has 0 aliphatic rings. The van der Waals surface area contributed by atoms with E-state index in [4.69, 9.17) is 16.6 Å². The molecular weight excluding hydrogens is 436 g/mol. The molecule has 0 aliphatic carbocycles. The molecule has 0 saturated heterocycles. The van der Waals surface area contributed by atoms with E-state index in [0.29, 0.717) is 17.3 Å². The number of rotatable bonds is 5. The maximum Gasteiger partial charge on any atom is 0.258 e. The first kappa shape index (κ1) is 19.4. The summed E-state index contributed by atoms with van der Waals surface area (Å²) in [7, 11) is 0. The van der Waals surface area contributed by atoms with Gasteiger partial charge in [-0.2, -0.15) is 0 Å². The van der Waals surface area contributed by atoms with Gasteiger partial charge >= 0.3 is 0 Å². The molecule has 30 heavy (non-hydrogen) atoms. The number of nitrogens with zero attached hydrogens (tertiary/aromatic N) is 4. The first-order valence-electron chi connectivity index (χ1n) is 9.38. The fourth-order valence-electron chi connectivity index (χ4n) is 3.42. The molecule has 0 unspecified atom stereocenters. The largest absolute Gasteiger partial charge is 0.314 e. The lowest BCUT2D eigenvalue weighted by atomic mass is 10.2. The number of aryl methyl sites for hydroxylation is 1. The number of hydrogen-bond acceptors (Lipinski definition) is 5. The monoisotopic (exact) mass is 452 g/mol. The Balaban J connectivity index is 1.50. The predicted molar refractivity (Wildman–Crippen MR) is 124 cm³/mol. The lowest BCUT2D eigenvalue weighted by Crippen LogP contribution is -2.14. The molecule has 2 aromatic carbocycles. The van der Waals surface area contributed by atoms with Crippen molar-refractivity contribution < 1.29 is 0 Å². The van der Waals surface area contributed by atoms with E-state index in [1.807, 2.05) is 48.7 Å². The summed E-state index contributed by atoms with van der Waals surface area (Å²) in [6.45, 7) is 2.62. The highest BCUT2D eigenvalue weighted by molar-refractivity contribution is 7.98. The summed E-state index contributed by atoms with van der Waals surface area (Å²) in [4.78, 5) is 22.6. The van der Waals surface area contributed by atoms with Gasteiger partial charge in [0.15, 0.2) is 10.1 Å². The highest BCUT2D eigenvalue weighted by Crippen LogP contribution is 2.29. The first-order chi connectivity index (χ1) is 14.6. The predicted octanol–water partition coefficient (Wildman–Crippen LogP) is 5.41. The van der Waals surface area contributed by atoms with Crippen LogP contribution in [0.5, 0.6) is 0 Å². The van der Waals surface area contributed by atoms with Gasteiger partial charge < -0.3 is 4.57 Å². The van der Waals surface area contributed by atoms with Crippen LogP contribution in [0.15, 0.2) is 69.9 Å². The molecule has 3 aromatic heterocycles. The van der Waals surface area contributed by atoms with Crippen LogP contribution in [0.4, 0.5) is 0 Å². The van der Waals surface area contributed by atoms with Crippen LogP contribution in [-0.4, -0.2) is 18.9 Å². The van der Waals surface area contributed by atoms with Gasteiger partial charge in [0, 0.05) is 27.9 Å². The minimum Gasteiger partial charge on any atom is -0.314 e. The van der Waals surface area contributed by atoms with E-state index in [-0.39, 0.29) is 5.56 Å². The van der Waals surface area contributed by atoms with Gasteiger partial charge in [0.1, 0.15) is 0 Å². The SMILES string of the molecule is Cc1csc2nc(CSc3nc4cc(Cl)ccc4n3Cc3ccccc3)cc(=O)n12. The van der Waals surface area contributed by atoms with Crippen molar-refractivity contribution in [2.24, 2.45) is 0 Å². The summed E-state index contributed by atoms with van der Waals surface area (Å²) in [5.41, 5.74) is 4.71. The molecule has 0 spiro atoms. The number of halogens is 1. The Hall–Kier alpha value is -2.61. The Labute approximate surface area is 186 Å². The van der Waals surface area contributed by atoms with E-state index in [2.05, 4.69) is 21.7 Å². The molecule has 5 nitrogen and oxygen atoms in total. The average Bonchev–Trinajstić information content (AvgIpc) is 3.27. The van der Waals surface area contributed by atoms with Crippen LogP contribution in [0, 0.1) is 6.92 Å². The molecule has 8 heteroatoms. The molecule has 0 aliphatic heterocycles. The van der Waals surface area contributed by atoms with E-state index in [1.165, 1.54) is 16.9 Å². The summed E-state index contributed by atoms with van der Waals surface area (Å²) < 4.78 is 3.83. The zero-order chi connectivity index (χ0) is 20.7. The van der Waals surface area contributed by atoms with Crippen LogP contribution in [0.2, 0.25) is 5.02 Å². The topological polar surface area (TPSA) is 52.2 Å². The number of aromatic nitrogens is 4. The first-order valence-corrected chi connectivity index (χ1v) is 11.6. The average molecular weight is 453 g/mol. The van der Waals surface area contributed by atoms with Crippen LogP contribution >= 0.6 is 34.7 Å². The molecule has 0 saturated carbocycles. The van der Waals surface area contributed by atoms with Gasteiger partial charge in [0.2, 0.25) is 0 Å². The van der Waals surface area contributed by atoms with E-state index in [9.17, 15) is 4.79 Å². The second kappa shape index (κ2) is 7.91. The Morgan fingerprint density at radius 1 is 1.10 bits per heavy atom. The van der Waals surface area contributed by atoms with Crippen LogP contribution in [0.1, 0.15) is 17.0 Å². The van der Waals surface area contributed by atoms with Crippen molar-refractivity contribution in [2.75, 3.05) is 0 Å². The number of hydrogen-bond donors (Lipinski definition) is 0. The highest BCUT2D eigenvalue weighted by atomic mass is 35.5. The Bertz CT molecular complexity index is 1420. The number of thioether (sulfide) groups is 1. The minimum atomic E-state index is -0.0427. The van der Waals surface area contributed by atoms with Crippen LogP contribution < -0.4 is 5.56 Å². The zero-order valence-electron chi connectivity index (χ0n) is 16.1. The third kappa shape index (κ3) is 3.64.